The molecule has 0 spiro atoms. The number of halogens is 2. The van der Waals surface area contributed by atoms with Crippen molar-refractivity contribution in [1.82, 2.24) is 0 Å². The van der Waals surface area contributed by atoms with Gasteiger partial charge in [0.1, 0.15) is 5.82 Å². The maximum atomic E-state index is 13.1. The summed E-state index contributed by atoms with van der Waals surface area (Å²) in [7, 11) is 0. The highest BCUT2D eigenvalue weighted by atomic mass is 35.5. The number of hydrogen-bond donors (Lipinski definition) is 2. The van der Waals surface area contributed by atoms with Crippen LogP contribution in [0.3, 0.4) is 0 Å². The van der Waals surface area contributed by atoms with E-state index in [0.29, 0.717) is 22.0 Å². The monoisotopic (exact) mass is 422 g/mol. The molecule has 0 radical (unpaired) electrons. The van der Waals surface area contributed by atoms with Crippen molar-refractivity contribution in [3.05, 3.63) is 94.8 Å². The molecule has 0 saturated heterocycles. The minimum atomic E-state index is -0.607. The Balaban J connectivity index is 1.48. The van der Waals surface area contributed by atoms with Crippen LogP contribution in [-0.2, 0) is 10.2 Å². The molecule has 1 aliphatic carbocycles. The van der Waals surface area contributed by atoms with Crippen LogP contribution in [0.2, 0.25) is 5.02 Å². The second-order valence-electron chi connectivity index (χ2n) is 7.44. The second-order valence-corrected chi connectivity index (χ2v) is 7.87. The van der Waals surface area contributed by atoms with Gasteiger partial charge in [-0.05, 0) is 73.0 Å². The molecule has 4 nitrogen and oxygen atoms in total. The predicted octanol–water partition coefficient (Wildman–Crippen LogP) is 5.79. The molecule has 3 aromatic rings. The minimum absolute atomic E-state index is 0.101. The molecule has 0 unspecified atom stereocenters. The average Bonchev–Trinajstić information content (AvgIpc) is 2.70. The SMILES string of the molecule is O=C(Nc1ccc(C2(C(=O)Nc3ccc(F)cc3)CCC2)cc1)c1cccc(Cl)c1. The first-order valence-corrected chi connectivity index (χ1v) is 10.1. The highest BCUT2D eigenvalue weighted by Gasteiger charge is 2.45. The normalized spacial score (nSPS) is 14.5. The summed E-state index contributed by atoms with van der Waals surface area (Å²) < 4.78 is 13.1. The van der Waals surface area contributed by atoms with Gasteiger partial charge in [0.05, 0.1) is 5.41 Å². The molecule has 6 heteroatoms. The van der Waals surface area contributed by atoms with E-state index in [0.717, 1.165) is 24.8 Å². The summed E-state index contributed by atoms with van der Waals surface area (Å²) in [6.07, 6.45) is 2.45. The summed E-state index contributed by atoms with van der Waals surface area (Å²) in [6.45, 7) is 0. The third-order valence-electron chi connectivity index (χ3n) is 5.53. The van der Waals surface area contributed by atoms with E-state index >= 15 is 0 Å². The molecule has 152 valence electrons. The summed E-state index contributed by atoms with van der Waals surface area (Å²) in [4.78, 5) is 25.4. The zero-order valence-electron chi connectivity index (χ0n) is 16.1. The summed E-state index contributed by atoms with van der Waals surface area (Å²) >= 11 is 5.94. The Bertz CT molecular complexity index is 1080. The van der Waals surface area contributed by atoms with Crippen LogP contribution in [0, 0.1) is 5.82 Å². The maximum absolute atomic E-state index is 13.1. The van der Waals surface area contributed by atoms with E-state index in [1.54, 1.807) is 48.5 Å². The van der Waals surface area contributed by atoms with E-state index in [2.05, 4.69) is 10.6 Å². The number of carbonyl (C=O) groups excluding carboxylic acids is 2. The quantitative estimate of drug-likeness (QED) is 0.546. The molecule has 1 fully saturated rings. The zero-order valence-corrected chi connectivity index (χ0v) is 16.9. The van der Waals surface area contributed by atoms with Crippen LogP contribution < -0.4 is 10.6 Å². The van der Waals surface area contributed by atoms with Gasteiger partial charge in [0.2, 0.25) is 5.91 Å². The molecule has 0 atom stereocenters. The molecule has 3 aromatic carbocycles. The fourth-order valence-corrected chi connectivity index (χ4v) is 3.86. The van der Waals surface area contributed by atoms with Crippen molar-refractivity contribution in [2.24, 2.45) is 0 Å². The van der Waals surface area contributed by atoms with Crippen molar-refractivity contribution in [3.63, 3.8) is 0 Å². The molecule has 0 bridgehead atoms. The molecule has 0 heterocycles. The molecule has 1 aliphatic rings. The Kier molecular flexibility index (Phi) is 5.55. The third kappa shape index (κ3) is 4.07. The molecular weight excluding hydrogens is 403 g/mol. The van der Waals surface area contributed by atoms with Crippen molar-refractivity contribution < 1.29 is 14.0 Å². The van der Waals surface area contributed by atoms with E-state index < -0.39 is 5.41 Å². The van der Waals surface area contributed by atoms with Gasteiger partial charge < -0.3 is 10.6 Å². The Morgan fingerprint density at radius 2 is 1.50 bits per heavy atom. The van der Waals surface area contributed by atoms with Crippen LogP contribution in [0.4, 0.5) is 15.8 Å². The van der Waals surface area contributed by atoms with E-state index in [1.165, 1.54) is 12.1 Å². The van der Waals surface area contributed by atoms with Crippen molar-refractivity contribution in [1.29, 1.82) is 0 Å². The molecule has 1 saturated carbocycles. The number of amides is 2. The van der Waals surface area contributed by atoms with Crippen LogP contribution in [0.5, 0.6) is 0 Å². The van der Waals surface area contributed by atoms with Crippen LogP contribution in [0.15, 0.2) is 72.8 Å². The van der Waals surface area contributed by atoms with Gasteiger partial charge in [-0.25, -0.2) is 4.39 Å². The van der Waals surface area contributed by atoms with Crippen LogP contribution in [0.1, 0.15) is 35.2 Å². The van der Waals surface area contributed by atoms with Gasteiger partial charge in [0.15, 0.2) is 0 Å². The fraction of sp³-hybridized carbons (Fsp3) is 0.167. The van der Waals surface area contributed by atoms with Crippen LogP contribution in [-0.4, -0.2) is 11.8 Å². The fourth-order valence-electron chi connectivity index (χ4n) is 3.67. The second kappa shape index (κ2) is 8.28. The summed E-state index contributed by atoms with van der Waals surface area (Å²) in [6, 6.07) is 19.8. The summed E-state index contributed by atoms with van der Waals surface area (Å²) in [5.41, 5.74) is 1.97. The zero-order chi connectivity index (χ0) is 21.1. The lowest BCUT2D eigenvalue weighted by Crippen LogP contribution is -2.46. The summed E-state index contributed by atoms with van der Waals surface area (Å²) in [5.74, 6) is -0.699. The van der Waals surface area contributed by atoms with E-state index in [4.69, 9.17) is 11.6 Å². The first-order valence-electron chi connectivity index (χ1n) is 9.71. The lowest BCUT2D eigenvalue weighted by molar-refractivity contribution is -0.124. The number of nitrogens with one attached hydrogen (secondary N) is 2. The standard InChI is InChI=1S/C24H20ClFN2O2/c25-18-4-1-3-16(15-18)22(29)27-20-9-5-17(6-10-20)24(13-2-14-24)23(30)28-21-11-7-19(26)8-12-21/h1,3-12,15H,2,13-14H2,(H,27,29)(H,28,30). The first kappa shape index (κ1) is 20.1. The molecular formula is C24H20ClFN2O2. The lowest BCUT2D eigenvalue weighted by Gasteiger charge is -2.40. The number of hydrogen-bond acceptors (Lipinski definition) is 2. The Hall–Kier alpha value is -3.18. The average molecular weight is 423 g/mol. The van der Waals surface area contributed by atoms with Crippen molar-refractivity contribution in [2.75, 3.05) is 10.6 Å². The van der Waals surface area contributed by atoms with Gasteiger partial charge >= 0.3 is 0 Å². The molecule has 0 aromatic heterocycles. The van der Waals surface area contributed by atoms with Crippen molar-refractivity contribution in [3.8, 4) is 0 Å². The number of anilines is 2. The van der Waals surface area contributed by atoms with Gasteiger partial charge in [-0.3, -0.25) is 9.59 Å². The van der Waals surface area contributed by atoms with Gasteiger partial charge in [-0.1, -0.05) is 36.2 Å². The van der Waals surface area contributed by atoms with Crippen molar-refractivity contribution >= 4 is 34.8 Å². The topological polar surface area (TPSA) is 58.2 Å². The predicted molar refractivity (Wildman–Crippen MR) is 116 cm³/mol. The molecule has 4 rings (SSSR count). The van der Waals surface area contributed by atoms with E-state index in [9.17, 15) is 14.0 Å². The largest absolute Gasteiger partial charge is 0.325 e. The highest BCUT2D eigenvalue weighted by molar-refractivity contribution is 6.31. The molecule has 30 heavy (non-hydrogen) atoms. The maximum Gasteiger partial charge on any atom is 0.255 e. The number of rotatable bonds is 5. The van der Waals surface area contributed by atoms with E-state index in [1.807, 2.05) is 12.1 Å². The van der Waals surface area contributed by atoms with Crippen LogP contribution >= 0.6 is 11.6 Å². The summed E-state index contributed by atoms with van der Waals surface area (Å²) in [5, 5.41) is 6.23. The lowest BCUT2D eigenvalue weighted by atomic mass is 9.63. The first-order chi connectivity index (χ1) is 14.5. The van der Waals surface area contributed by atoms with E-state index in [-0.39, 0.29) is 17.6 Å². The number of benzene rings is 3. The Morgan fingerprint density at radius 1 is 0.867 bits per heavy atom. The number of carbonyl (C=O) groups is 2. The Morgan fingerprint density at radius 3 is 2.10 bits per heavy atom. The van der Waals surface area contributed by atoms with Crippen molar-refractivity contribution in [2.45, 2.75) is 24.7 Å². The molecule has 2 N–H and O–H groups in total. The molecule has 2 amide bonds. The van der Waals surface area contributed by atoms with Gasteiger partial charge in [-0.15, -0.1) is 0 Å². The Labute approximate surface area is 179 Å². The van der Waals surface area contributed by atoms with Gasteiger partial charge in [0, 0.05) is 22.0 Å². The third-order valence-corrected chi connectivity index (χ3v) is 5.76. The van der Waals surface area contributed by atoms with Gasteiger partial charge in [-0.2, -0.15) is 0 Å². The highest BCUT2D eigenvalue weighted by Crippen LogP contribution is 2.45. The molecule has 0 aliphatic heterocycles. The minimum Gasteiger partial charge on any atom is -0.325 e. The van der Waals surface area contributed by atoms with Gasteiger partial charge in [0.25, 0.3) is 5.91 Å². The van der Waals surface area contributed by atoms with Crippen LogP contribution in [0.25, 0.3) is 0 Å². The smallest absolute Gasteiger partial charge is 0.255 e.